The van der Waals surface area contributed by atoms with E-state index in [0.29, 0.717) is 5.84 Å². The highest BCUT2D eigenvalue weighted by Gasteiger charge is 2.22. The molecule has 0 radical (unpaired) electrons. The Morgan fingerprint density at radius 1 is 0.414 bits per heavy atom. The van der Waals surface area contributed by atoms with Crippen molar-refractivity contribution in [2.45, 2.75) is 12.8 Å². The van der Waals surface area contributed by atoms with Crippen LogP contribution in [0.3, 0.4) is 0 Å². The van der Waals surface area contributed by atoms with Crippen LogP contribution in [0.1, 0.15) is 29.5 Å². The normalized spacial score (nSPS) is 13.3. The molecule has 8 aromatic carbocycles. The molecule has 1 aliphatic heterocycles. The summed E-state index contributed by atoms with van der Waals surface area (Å²) < 4.78 is 9.60. The number of thiophene rings is 1. The zero-order chi connectivity index (χ0) is 38.4. The molecule has 0 fully saturated rings. The Bertz CT molecular complexity index is 3240. The Hall–Kier alpha value is -7.14. The number of fused-ring (bicyclic) bond motifs is 6. The van der Waals surface area contributed by atoms with Crippen molar-refractivity contribution in [1.29, 1.82) is 0 Å². The van der Waals surface area contributed by atoms with E-state index in [1.807, 2.05) is 35.6 Å². The summed E-state index contributed by atoms with van der Waals surface area (Å²) in [6.45, 7) is 0. The van der Waals surface area contributed by atoms with Gasteiger partial charge in [0.25, 0.3) is 0 Å². The molecule has 10 aromatic rings. The maximum Gasteiger partial charge on any atom is 0.160 e. The molecule has 3 nitrogen and oxygen atoms in total. The fourth-order valence-electron chi connectivity index (χ4n) is 8.43. The van der Waals surface area contributed by atoms with Gasteiger partial charge in [-0.1, -0.05) is 182 Å². The molecule has 0 saturated carbocycles. The van der Waals surface area contributed by atoms with E-state index >= 15 is 0 Å². The third kappa shape index (κ3) is 5.98. The number of benzene rings is 8. The monoisotopic (exact) mass is 760 g/mol. The van der Waals surface area contributed by atoms with Gasteiger partial charge in [0.2, 0.25) is 0 Å². The van der Waals surface area contributed by atoms with Crippen molar-refractivity contribution in [1.82, 2.24) is 0 Å². The molecular formula is C54H36N2OS. The lowest BCUT2D eigenvalue weighted by molar-refractivity contribution is 0.668. The second-order valence-corrected chi connectivity index (χ2v) is 15.8. The molecule has 0 N–H and O–H groups in total. The predicted molar refractivity (Wildman–Crippen MR) is 246 cm³/mol. The Morgan fingerprint density at radius 2 is 0.983 bits per heavy atom. The number of hydrogen-bond acceptors (Lipinski definition) is 4. The third-order valence-corrected chi connectivity index (χ3v) is 12.4. The lowest BCUT2D eigenvalue weighted by atomic mass is 9.93. The first-order chi connectivity index (χ1) is 28.8. The lowest BCUT2D eigenvalue weighted by Gasteiger charge is -2.13. The lowest BCUT2D eigenvalue weighted by Crippen LogP contribution is -2.09. The summed E-state index contributed by atoms with van der Waals surface area (Å²) in [7, 11) is 0. The molecule has 0 aliphatic carbocycles. The van der Waals surface area contributed by atoms with E-state index in [1.165, 1.54) is 48.0 Å². The fraction of sp³-hybridized carbons (Fsp3) is 0.0370. The van der Waals surface area contributed by atoms with Crippen molar-refractivity contribution in [3.05, 3.63) is 211 Å². The highest BCUT2D eigenvalue weighted by atomic mass is 32.1. The van der Waals surface area contributed by atoms with Crippen molar-refractivity contribution >= 4 is 70.7 Å². The summed E-state index contributed by atoms with van der Waals surface area (Å²) in [5, 5.41) is 4.71. The van der Waals surface area contributed by atoms with E-state index in [1.54, 1.807) is 0 Å². The van der Waals surface area contributed by atoms with E-state index < -0.39 is 0 Å². The molecule has 3 heterocycles. The summed E-state index contributed by atoms with van der Waals surface area (Å²) in [6, 6.07) is 66.6. The maximum atomic E-state index is 7.08. The second-order valence-electron chi connectivity index (χ2n) is 14.7. The highest BCUT2D eigenvalue weighted by Crippen LogP contribution is 2.47. The first kappa shape index (κ1) is 34.1. The quantitative estimate of drug-likeness (QED) is 0.166. The minimum absolute atomic E-state index is 0.696. The van der Waals surface area contributed by atoms with Crippen LogP contribution >= 0.6 is 11.3 Å². The molecule has 0 atom stereocenters. The molecule has 11 rings (SSSR count). The van der Waals surface area contributed by atoms with Crippen molar-refractivity contribution < 1.29 is 4.42 Å². The van der Waals surface area contributed by atoms with Crippen molar-refractivity contribution in [2.24, 2.45) is 9.98 Å². The van der Waals surface area contributed by atoms with Gasteiger partial charge in [0.15, 0.2) is 5.84 Å². The summed E-state index contributed by atoms with van der Waals surface area (Å²) in [5.41, 5.74) is 13.8. The molecule has 1 aliphatic rings. The Balaban J connectivity index is 1.06. The number of nitrogens with zero attached hydrogens (tertiary/aromatic N) is 2. The van der Waals surface area contributed by atoms with Crippen LogP contribution in [0.15, 0.2) is 209 Å². The Kier molecular flexibility index (Phi) is 8.49. The van der Waals surface area contributed by atoms with Gasteiger partial charge >= 0.3 is 0 Å². The molecular weight excluding hydrogens is 725 g/mol. The zero-order valence-electron chi connectivity index (χ0n) is 31.6. The van der Waals surface area contributed by atoms with Crippen molar-refractivity contribution in [2.75, 3.05) is 0 Å². The smallest absolute Gasteiger partial charge is 0.160 e. The predicted octanol–water partition coefficient (Wildman–Crippen LogP) is 15.0. The summed E-state index contributed by atoms with van der Waals surface area (Å²) in [6.07, 6.45) is 3.86. The molecule has 0 spiro atoms. The number of aliphatic imine (C=N–C) groups is 2. The largest absolute Gasteiger partial charge is 0.455 e. The molecule has 274 valence electrons. The number of allylic oxidation sites excluding steroid dienone is 1. The molecule has 0 bridgehead atoms. The van der Waals surface area contributed by atoms with Crippen LogP contribution in [-0.4, -0.2) is 11.5 Å². The van der Waals surface area contributed by atoms with Gasteiger partial charge in [-0.15, -0.1) is 11.3 Å². The molecule has 0 unspecified atom stereocenters. The highest BCUT2D eigenvalue weighted by molar-refractivity contribution is 7.26. The zero-order valence-corrected chi connectivity index (χ0v) is 32.4. The average Bonchev–Trinajstić information content (AvgIpc) is 3.87. The fourth-order valence-corrected chi connectivity index (χ4v) is 9.68. The van der Waals surface area contributed by atoms with Crippen molar-refractivity contribution in [3.8, 4) is 33.4 Å². The van der Waals surface area contributed by atoms with E-state index in [0.717, 1.165) is 68.4 Å². The van der Waals surface area contributed by atoms with Crippen LogP contribution in [0, 0.1) is 0 Å². The SMILES string of the molecule is C1=C(c2cccc3c2oc2c(-c4ccc(-c5ccc(-c6ccccc6)cc5)c5c4sc4ccccc45)cccc23)N=C(c2ccccc2)N=C(c2ccccc2)CC1. The van der Waals surface area contributed by atoms with Gasteiger partial charge in [0.1, 0.15) is 11.2 Å². The number of amidine groups is 1. The van der Waals surface area contributed by atoms with Gasteiger partial charge in [-0.05, 0) is 52.8 Å². The van der Waals surface area contributed by atoms with Crippen molar-refractivity contribution in [3.63, 3.8) is 0 Å². The van der Waals surface area contributed by atoms with Crippen LogP contribution in [0.2, 0.25) is 0 Å². The first-order valence-electron chi connectivity index (χ1n) is 19.8. The van der Waals surface area contributed by atoms with E-state index in [2.05, 4.69) is 170 Å². The van der Waals surface area contributed by atoms with E-state index in [-0.39, 0.29) is 0 Å². The summed E-state index contributed by atoms with van der Waals surface area (Å²) in [5.74, 6) is 0.696. The van der Waals surface area contributed by atoms with E-state index in [4.69, 9.17) is 14.4 Å². The van der Waals surface area contributed by atoms with Crippen LogP contribution in [0.5, 0.6) is 0 Å². The standard InChI is InChI=1S/C54H36N2OS/c1-4-15-35(16-5-1)36-29-31-37(32-30-36)40-33-34-44(53-50(40)46-21-10-11-28-49(46)58-53)43-24-12-22-41-42-23-13-25-45(52(42)57-51(41)43)48-27-14-26-47(38-17-6-2-7-18-38)55-54(56-48)39-19-8-3-9-20-39/h1-13,15-25,27-34H,14,26H2. The molecule has 0 amide bonds. The minimum Gasteiger partial charge on any atom is -0.455 e. The van der Waals surface area contributed by atoms with Crippen LogP contribution in [-0.2, 0) is 0 Å². The van der Waals surface area contributed by atoms with Gasteiger partial charge in [-0.2, -0.15) is 0 Å². The molecule has 58 heavy (non-hydrogen) atoms. The van der Waals surface area contributed by atoms with Crippen LogP contribution < -0.4 is 0 Å². The molecule has 4 heteroatoms. The number of para-hydroxylation sites is 2. The van der Waals surface area contributed by atoms with E-state index in [9.17, 15) is 0 Å². The summed E-state index contributed by atoms with van der Waals surface area (Å²) >= 11 is 1.85. The third-order valence-electron chi connectivity index (χ3n) is 11.2. The number of rotatable bonds is 6. The van der Waals surface area contributed by atoms with Gasteiger partial charge in [-0.3, -0.25) is 0 Å². The molecule has 2 aromatic heterocycles. The second kappa shape index (κ2) is 14.4. The maximum absolute atomic E-state index is 7.08. The average molecular weight is 761 g/mol. The van der Waals surface area contributed by atoms with Gasteiger partial charge in [0.05, 0.1) is 11.4 Å². The van der Waals surface area contributed by atoms with Crippen LogP contribution in [0.4, 0.5) is 0 Å². The Morgan fingerprint density at radius 3 is 1.72 bits per heavy atom. The van der Waals surface area contributed by atoms with Crippen LogP contribution in [0.25, 0.3) is 81.2 Å². The minimum atomic E-state index is 0.696. The molecule has 0 saturated heterocycles. The topological polar surface area (TPSA) is 37.9 Å². The van der Waals surface area contributed by atoms with Gasteiger partial charge < -0.3 is 4.42 Å². The van der Waals surface area contributed by atoms with Gasteiger partial charge in [0, 0.05) is 53.2 Å². The number of furan rings is 1. The Labute approximate surface area is 340 Å². The number of hydrogen-bond donors (Lipinski definition) is 0. The first-order valence-corrected chi connectivity index (χ1v) is 20.6. The summed E-state index contributed by atoms with van der Waals surface area (Å²) in [4.78, 5) is 10.5. The van der Waals surface area contributed by atoms with Gasteiger partial charge in [-0.25, -0.2) is 9.98 Å².